The van der Waals surface area contributed by atoms with Crippen LogP contribution in [-0.2, 0) is 0 Å². The van der Waals surface area contributed by atoms with E-state index in [1.807, 2.05) is 0 Å². The van der Waals surface area contributed by atoms with Crippen LogP contribution in [-0.4, -0.2) is 56.5 Å². The molecule has 5 nitrogen and oxygen atoms in total. The van der Waals surface area contributed by atoms with Gasteiger partial charge < -0.3 is 26.8 Å². The first-order valence-electron chi connectivity index (χ1n) is 18.7. The van der Waals surface area contributed by atoms with E-state index >= 15 is 0 Å². The highest BCUT2D eigenvalue weighted by Crippen LogP contribution is 2.68. The molecule has 4 aliphatic rings. The lowest BCUT2D eigenvalue weighted by Gasteiger charge is -2.62. The third-order valence-corrected chi connectivity index (χ3v) is 13.4. The minimum absolute atomic E-state index is 0.0773. The number of hydrogen-bond donors (Lipinski definition) is 5. The fourth-order valence-electron chi connectivity index (χ4n) is 10.9. The molecular weight excluding hydrogens is 516 g/mol. The maximum Gasteiger partial charge on any atom is 0.0577 e. The van der Waals surface area contributed by atoms with E-state index in [1.54, 1.807) is 0 Å². The van der Waals surface area contributed by atoms with Crippen molar-refractivity contribution in [3.05, 3.63) is 0 Å². The summed E-state index contributed by atoms with van der Waals surface area (Å²) in [5, 5.41) is 22.8. The summed E-state index contributed by atoms with van der Waals surface area (Å²) < 4.78 is 0. The molecule has 0 spiro atoms. The fraction of sp³-hybridized carbons (Fsp3) is 1.00. The highest BCUT2D eigenvalue weighted by Gasteiger charge is 2.62. The molecule has 42 heavy (non-hydrogen) atoms. The van der Waals surface area contributed by atoms with Gasteiger partial charge in [-0.3, -0.25) is 0 Å². The molecule has 0 aromatic rings. The van der Waals surface area contributed by atoms with Gasteiger partial charge in [-0.2, -0.15) is 0 Å². The van der Waals surface area contributed by atoms with Crippen molar-refractivity contribution in [1.82, 2.24) is 16.0 Å². The summed E-state index contributed by atoms with van der Waals surface area (Å²) in [5.74, 6) is 5.25. The van der Waals surface area contributed by atoms with Crippen molar-refractivity contribution in [2.24, 2.45) is 58.0 Å². The molecular formula is C37H72N4O. The first-order valence-corrected chi connectivity index (χ1v) is 18.7. The van der Waals surface area contributed by atoms with Crippen molar-refractivity contribution in [3.63, 3.8) is 0 Å². The van der Waals surface area contributed by atoms with E-state index in [0.29, 0.717) is 28.7 Å². The molecule has 0 heterocycles. The zero-order valence-electron chi connectivity index (χ0n) is 28.6. The van der Waals surface area contributed by atoms with Gasteiger partial charge in [0.15, 0.2) is 0 Å². The number of fused-ring (bicyclic) bond motifs is 5. The molecule has 0 bridgehead atoms. The molecule has 4 fully saturated rings. The Hall–Kier alpha value is -0.200. The van der Waals surface area contributed by atoms with E-state index in [1.165, 1.54) is 83.5 Å². The Bertz CT molecular complexity index is 777. The minimum atomic E-state index is -0.0773. The molecule has 5 heteroatoms. The Morgan fingerprint density at radius 1 is 0.738 bits per heavy atom. The molecule has 4 rings (SSSR count). The van der Waals surface area contributed by atoms with E-state index in [9.17, 15) is 5.11 Å². The predicted octanol–water partition coefficient (Wildman–Crippen LogP) is 6.74. The summed E-state index contributed by atoms with van der Waals surface area (Å²) in [7, 11) is 0. The zero-order valence-corrected chi connectivity index (χ0v) is 28.6. The lowest BCUT2D eigenvalue weighted by atomic mass is 9.43. The second-order valence-corrected chi connectivity index (χ2v) is 16.5. The van der Waals surface area contributed by atoms with Crippen LogP contribution in [0.15, 0.2) is 0 Å². The molecule has 246 valence electrons. The molecule has 0 saturated heterocycles. The smallest absolute Gasteiger partial charge is 0.0577 e. The summed E-state index contributed by atoms with van der Waals surface area (Å²) >= 11 is 0. The van der Waals surface area contributed by atoms with Crippen LogP contribution in [0, 0.1) is 52.3 Å². The van der Waals surface area contributed by atoms with Gasteiger partial charge in [0, 0.05) is 6.04 Å². The van der Waals surface area contributed by atoms with Crippen LogP contribution in [0.1, 0.15) is 131 Å². The summed E-state index contributed by atoms with van der Waals surface area (Å²) in [4.78, 5) is 0. The molecule has 10 atom stereocenters. The standard InChI is InChI=1S/C37H72N4O/c1-27(2)11-8-12-28(3)31-13-14-32-35-33(16-18-37(31,32)5)36(4)17-15-30(25-29(36)26-34(35)42)41-24-10-23-40-21-7-6-20-39-22-9-19-38/h27-35,39-42H,6-26,38H2,1-5H3/t28-,29+,30-,31-,32?,33?,34-,35?,36+,37-/m1/s1. The van der Waals surface area contributed by atoms with Crippen molar-refractivity contribution in [2.45, 2.75) is 143 Å². The Balaban J connectivity index is 1.19. The Morgan fingerprint density at radius 2 is 1.40 bits per heavy atom. The average Bonchev–Trinajstić information content (AvgIpc) is 3.31. The molecule has 0 aromatic heterocycles. The van der Waals surface area contributed by atoms with E-state index in [4.69, 9.17) is 5.73 Å². The van der Waals surface area contributed by atoms with Crippen LogP contribution in [0.3, 0.4) is 0 Å². The van der Waals surface area contributed by atoms with E-state index in [2.05, 4.69) is 50.6 Å². The maximum absolute atomic E-state index is 11.8. The highest BCUT2D eigenvalue weighted by atomic mass is 16.3. The minimum Gasteiger partial charge on any atom is -0.393 e. The Kier molecular flexibility index (Phi) is 13.5. The number of nitrogens with two attached hydrogens (primary N) is 1. The third kappa shape index (κ3) is 8.33. The van der Waals surface area contributed by atoms with Crippen LogP contribution >= 0.6 is 0 Å². The highest BCUT2D eigenvalue weighted by molar-refractivity contribution is 5.12. The second kappa shape index (κ2) is 16.4. The normalized spacial score (nSPS) is 38.7. The number of hydrogen-bond acceptors (Lipinski definition) is 5. The number of aliphatic hydroxyl groups is 1. The van der Waals surface area contributed by atoms with Gasteiger partial charge in [-0.25, -0.2) is 0 Å². The van der Waals surface area contributed by atoms with Crippen molar-refractivity contribution < 1.29 is 5.11 Å². The van der Waals surface area contributed by atoms with Gasteiger partial charge in [0.05, 0.1) is 6.10 Å². The van der Waals surface area contributed by atoms with E-state index < -0.39 is 0 Å². The van der Waals surface area contributed by atoms with E-state index in [-0.39, 0.29) is 6.10 Å². The summed E-state index contributed by atoms with van der Waals surface area (Å²) in [6.45, 7) is 18.9. The Labute approximate surface area is 261 Å². The average molecular weight is 589 g/mol. The monoisotopic (exact) mass is 589 g/mol. The molecule has 0 amide bonds. The van der Waals surface area contributed by atoms with Gasteiger partial charge >= 0.3 is 0 Å². The van der Waals surface area contributed by atoms with Crippen LogP contribution in [0.5, 0.6) is 0 Å². The lowest BCUT2D eigenvalue weighted by Crippen LogP contribution is -2.59. The fourth-order valence-corrected chi connectivity index (χ4v) is 10.9. The predicted molar refractivity (Wildman–Crippen MR) is 180 cm³/mol. The number of rotatable bonds is 18. The van der Waals surface area contributed by atoms with E-state index in [0.717, 1.165) is 81.7 Å². The van der Waals surface area contributed by atoms with Gasteiger partial charge in [-0.1, -0.05) is 53.9 Å². The summed E-state index contributed by atoms with van der Waals surface area (Å²) in [6, 6.07) is 0.642. The largest absolute Gasteiger partial charge is 0.393 e. The van der Waals surface area contributed by atoms with Gasteiger partial charge in [0.25, 0.3) is 0 Å². The molecule has 0 aromatic carbocycles. The van der Waals surface area contributed by atoms with Gasteiger partial charge in [0.1, 0.15) is 0 Å². The SMILES string of the molecule is CC(C)CCC[C@@H](C)[C@H]1CCC2C3C(CC[C@@]21C)[C@@]1(C)CC[C@@H](NCCCNCCCCNCCCN)C[C@H]1C[C@H]3O. The molecule has 6 N–H and O–H groups in total. The second-order valence-electron chi connectivity index (χ2n) is 16.5. The zero-order chi connectivity index (χ0) is 30.2. The maximum atomic E-state index is 11.8. The molecule has 0 radical (unpaired) electrons. The number of unbranched alkanes of at least 4 members (excludes halogenated alkanes) is 1. The third-order valence-electron chi connectivity index (χ3n) is 13.4. The van der Waals surface area contributed by atoms with Crippen LogP contribution in [0.4, 0.5) is 0 Å². The van der Waals surface area contributed by atoms with Gasteiger partial charge in [0.2, 0.25) is 0 Å². The van der Waals surface area contributed by atoms with Crippen LogP contribution in [0.25, 0.3) is 0 Å². The first-order chi connectivity index (χ1) is 20.2. The molecule has 4 aliphatic carbocycles. The van der Waals surface area contributed by atoms with Crippen LogP contribution < -0.4 is 21.7 Å². The van der Waals surface area contributed by atoms with Gasteiger partial charge in [-0.15, -0.1) is 0 Å². The van der Waals surface area contributed by atoms with Crippen molar-refractivity contribution in [1.29, 1.82) is 0 Å². The molecule has 0 aliphatic heterocycles. The first kappa shape index (κ1) is 34.7. The Morgan fingerprint density at radius 3 is 2.12 bits per heavy atom. The summed E-state index contributed by atoms with van der Waals surface area (Å²) in [6.07, 6.45) is 19.4. The summed E-state index contributed by atoms with van der Waals surface area (Å²) in [5.41, 5.74) is 6.43. The van der Waals surface area contributed by atoms with Crippen molar-refractivity contribution >= 4 is 0 Å². The van der Waals surface area contributed by atoms with Crippen molar-refractivity contribution in [3.8, 4) is 0 Å². The lowest BCUT2D eigenvalue weighted by molar-refractivity contribution is -0.167. The number of aliphatic hydroxyl groups excluding tert-OH is 1. The quantitative estimate of drug-likeness (QED) is 0.115. The topological polar surface area (TPSA) is 82.3 Å². The van der Waals surface area contributed by atoms with Gasteiger partial charge in [-0.05, 0) is 169 Å². The number of nitrogens with one attached hydrogen (secondary N) is 3. The van der Waals surface area contributed by atoms with Crippen LogP contribution in [0.2, 0.25) is 0 Å². The molecule has 3 unspecified atom stereocenters. The molecule has 4 saturated carbocycles. The van der Waals surface area contributed by atoms with Crippen molar-refractivity contribution in [2.75, 3.05) is 39.3 Å².